The minimum atomic E-state index is -0.663. The Kier molecular flexibility index (Phi) is 5.05. The normalized spacial score (nSPS) is 14.6. The van der Waals surface area contributed by atoms with Gasteiger partial charge in [-0.05, 0) is 12.1 Å². The number of anilines is 1. The van der Waals surface area contributed by atoms with E-state index in [4.69, 9.17) is 9.15 Å². The largest absolute Gasteiger partial charge is 0.440 e. The van der Waals surface area contributed by atoms with Gasteiger partial charge in [-0.2, -0.15) is 5.10 Å². The number of nitrogens with one attached hydrogen (secondary N) is 1. The summed E-state index contributed by atoms with van der Waals surface area (Å²) in [5, 5.41) is 14.7. The summed E-state index contributed by atoms with van der Waals surface area (Å²) in [7, 11) is 0. The van der Waals surface area contributed by atoms with Crippen LogP contribution >= 0.6 is 0 Å². The fraction of sp³-hybridized carbons (Fsp3) is 0.250. The molecular weight excluding hydrogens is 328 g/mol. The molecule has 1 aromatic carbocycles. The number of para-hydroxylation sites is 1. The van der Waals surface area contributed by atoms with Gasteiger partial charge in [0.05, 0.1) is 24.4 Å². The topological polar surface area (TPSA) is 110 Å². The third kappa shape index (κ3) is 4.01. The Balaban J connectivity index is 1.63. The summed E-state index contributed by atoms with van der Waals surface area (Å²) < 4.78 is 10.9. The van der Waals surface area contributed by atoms with Crippen LogP contribution in [0.15, 0.2) is 45.9 Å². The van der Waals surface area contributed by atoms with Crippen LogP contribution in [0.4, 0.5) is 11.6 Å². The molecule has 9 nitrogen and oxygen atoms in total. The highest BCUT2D eigenvalue weighted by Crippen LogP contribution is 2.19. The molecule has 1 saturated heterocycles. The number of hydrogen-bond donors (Lipinski definition) is 1. The molecule has 1 aromatic heterocycles. The third-order valence-electron chi connectivity index (χ3n) is 3.64. The molecule has 25 heavy (non-hydrogen) atoms. The lowest BCUT2D eigenvalue weighted by atomic mass is 10.2. The highest BCUT2D eigenvalue weighted by atomic mass is 16.6. The van der Waals surface area contributed by atoms with E-state index in [0.29, 0.717) is 24.9 Å². The van der Waals surface area contributed by atoms with E-state index in [1.807, 2.05) is 11.0 Å². The van der Waals surface area contributed by atoms with Crippen LogP contribution in [-0.2, 0) is 4.74 Å². The molecule has 0 atom stereocenters. The van der Waals surface area contributed by atoms with Gasteiger partial charge in [0, 0.05) is 25.2 Å². The zero-order chi connectivity index (χ0) is 17.6. The Bertz CT molecular complexity index is 795. The van der Waals surface area contributed by atoms with Crippen LogP contribution in [0.2, 0.25) is 0 Å². The lowest BCUT2D eigenvalue weighted by Gasteiger charge is -2.26. The van der Waals surface area contributed by atoms with Crippen molar-refractivity contribution in [3.05, 3.63) is 57.8 Å². The Morgan fingerprint density at radius 3 is 2.76 bits per heavy atom. The monoisotopic (exact) mass is 344 g/mol. The summed E-state index contributed by atoms with van der Waals surface area (Å²) in [4.78, 5) is 24.4. The molecule has 0 saturated carbocycles. The predicted octanol–water partition coefficient (Wildman–Crippen LogP) is 1.79. The number of morpholine rings is 1. The number of nitro benzene ring substituents is 1. The minimum absolute atomic E-state index is 0.0573. The number of hydrogen-bond acceptors (Lipinski definition) is 7. The number of carbonyl (C=O) groups is 1. The summed E-state index contributed by atoms with van der Waals surface area (Å²) in [6.45, 7) is 2.79. The first kappa shape index (κ1) is 16.7. The predicted molar refractivity (Wildman–Crippen MR) is 89.9 cm³/mol. The van der Waals surface area contributed by atoms with Gasteiger partial charge in [-0.3, -0.25) is 14.9 Å². The molecule has 1 N–H and O–H groups in total. The van der Waals surface area contributed by atoms with Crippen molar-refractivity contribution in [2.24, 2.45) is 5.10 Å². The molecule has 0 bridgehead atoms. The van der Waals surface area contributed by atoms with Crippen molar-refractivity contribution >= 4 is 23.7 Å². The molecule has 1 aliphatic rings. The number of carbonyl (C=O) groups excluding carboxylic acids is 1. The van der Waals surface area contributed by atoms with E-state index < -0.39 is 10.8 Å². The number of nitrogens with zero attached hydrogens (tertiary/aromatic N) is 3. The Morgan fingerprint density at radius 1 is 1.24 bits per heavy atom. The highest BCUT2D eigenvalue weighted by molar-refractivity contribution is 5.98. The molecule has 2 heterocycles. The van der Waals surface area contributed by atoms with Crippen LogP contribution in [0.5, 0.6) is 0 Å². The Labute approximate surface area is 143 Å². The molecule has 0 unspecified atom stereocenters. The number of amides is 1. The van der Waals surface area contributed by atoms with Crippen LogP contribution in [0.1, 0.15) is 16.1 Å². The van der Waals surface area contributed by atoms with E-state index in [9.17, 15) is 14.9 Å². The van der Waals surface area contributed by atoms with Gasteiger partial charge in [0.2, 0.25) is 0 Å². The SMILES string of the molecule is O=C(N/N=C/c1ccc(N2CCOCC2)o1)c1ccccc1[N+](=O)[O-]. The van der Waals surface area contributed by atoms with E-state index in [1.54, 1.807) is 12.1 Å². The first-order valence-corrected chi connectivity index (χ1v) is 7.64. The minimum Gasteiger partial charge on any atom is -0.440 e. The van der Waals surface area contributed by atoms with Gasteiger partial charge >= 0.3 is 0 Å². The molecule has 0 aliphatic carbocycles. The number of nitro groups is 1. The number of furan rings is 1. The van der Waals surface area contributed by atoms with Gasteiger partial charge in [0.1, 0.15) is 11.3 Å². The molecule has 130 valence electrons. The van der Waals surface area contributed by atoms with Crippen LogP contribution < -0.4 is 10.3 Å². The van der Waals surface area contributed by atoms with Gasteiger partial charge in [0.15, 0.2) is 5.88 Å². The van der Waals surface area contributed by atoms with Gasteiger partial charge < -0.3 is 14.1 Å². The van der Waals surface area contributed by atoms with Crippen molar-refractivity contribution in [1.29, 1.82) is 0 Å². The maximum Gasteiger partial charge on any atom is 0.282 e. The number of ether oxygens (including phenoxy) is 1. The molecular formula is C16H16N4O5. The summed E-state index contributed by atoms with van der Waals surface area (Å²) in [5.74, 6) is 0.502. The van der Waals surface area contributed by atoms with Gasteiger partial charge in [-0.25, -0.2) is 5.43 Å². The number of benzene rings is 1. The van der Waals surface area contributed by atoms with E-state index in [-0.39, 0.29) is 11.3 Å². The fourth-order valence-corrected chi connectivity index (χ4v) is 2.40. The first-order chi connectivity index (χ1) is 12.1. The zero-order valence-corrected chi connectivity index (χ0v) is 13.3. The van der Waals surface area contributed by atoms with Crippen molar-refractivity contribution < 1.29 is 18.9 Å². The van der Waals surface area contributed by atoms with E-state index in [2.05, 4.69) is 10.5 Å². The third-order valence-corrected chi connectivity index (χ3v) is 3.64. The lowest BCUT2D eigenvalue weighted by molar-refractivity contribution is -0.385. The van der Waals surface area contributed by atoms with Crippen molar-refractivity contribution in [2.45, 2.75) is 0 Å². The average Bonchev–Trinajstić information content (AvgIpc) is 3.11. The molecule has 3 rings (SSSR count). The zero-order valence-electron chi connectivity index (χ0n) is 13.3. The van der Waals surface area contributed by atoms with Crippen LogP contribution in [0, 0.1) is 10.1 Å². The molecule has 2 aromatic rings. The highest BCUT2D eigenvalue weighted by Gasteiger charge is 2.18. The molecule has 1 fully saturated rings. The van der Waals surface area contributed by atoms with Crippen LogP contribution in [-0.4, -0.2) is 43.3 Å². The fourth-order valence-electron chi connectivity index (χ4n) is 2.40. The van der Waals surface area contributed by atoms with Crippen LogP contribution in [0.3, 0.4) is 0 Å². The molecule has 1 aliphatic heterocycles. The maximum absolute atomic E-state index is 12.0. The second-order valence-electron chi connectivity index (χ2n) is 5.25. The maximum atomic E-state index is 12.0. The van der Waals surface area contributed by atoms with Crippen LogP contribution in [0.25, 0.3) is 0 Å². The quantitative estimate of drug-likeness (QED) is 0.503. The molecule has 0 radical (unpaired) electrons. The van der Waals surface area contributed by atoms with Crippen molar-refractivity contribution in [1.82, 2.24) is 5.43 Å². The second kappa shape index (κ2) is 7.58. The number of rotatable bonds is 5. The summed E-state index contributed by atoms with van der Waals surface area (Å²) in [6.07, 6.45) is 1.34. The standard InChI is InChI=1S/C16H16N4O5/c21-16(13-3-1-2-4-14(13)20(22)23)18-17-11-12-5-6-15(25-12)19-7-9-24-10-8-19/h1-6,11H,7-10H2,(H,18,21)/b17-11+. The van der Waals surface area contributed by atoms with Gasteiger partial charge in [-0.1, -0.05) is 12.1 Å². The van der Waals surface area contributed by atoms with E-state index >= 15 is 0 Å². The second-order valence-corrected chi connectivity index (χ2v) is 5.25. The number of hydrazone groups is 1. The average molecular weight is 344 g/mol. The Hall–Kier alpha value is -3.20. The van der Waals surface area contributed by atoms with Gasteiger partial charge in [-0.15, -0.1) is 0 Å². The molecule has 0 spiro atoms. The van der Waals surface area contributed by atoms with E-state index in [1.165, 1.54) is 24.4 Å². The summed E-state index contributed by atoms with van der Waals surface area (Å²) >= 11 is 0. The van der Waals surface area contributed by atoms with Crippen molar-refractivity contribution in [2.75, 3.05) is 31.2 Å². The smallest absolute Gasteiger partial charge is 0.282 e. The summed E-state index contributed by atoms with van der Waals surface area (Å²) in [6, 6.07) is 9.22. The Morgan fingerprint density at radius 2 is 2.00 bits per heavy atom. The van der Waals surface area contributed by atoms with Gasteiger partial charge in [0.25, 0.3) is 11.6 Å². The van der Waals surface area contributed by atoms with E-state index in [0.717, 1.165) is 13.1 Å². The molecule has 9 heteroatoms. The first-order valence-electron chi connectivity index (χ1n) is 7.64. The van der Waals surface area contributed by atoms with Crippen molar-refractivity contribution in [3.8, 4) is 0 Å². The lowest BCUT2D eigenvalue weighted by Crippen LogP contribution is -2.35. The summed E-state index contributed by atoms with van der Waals surface area (Å²) in [5.41, 5.74) is 1.93. The molecule has 1 amide bonds. The van der Waals surface area contributed by atoms with Crippen molar-refractivity contribution in [3.63, 3.8) is 0 Å².